The van der Waals surface area contributed by atoms with Gasteiger partial charge in [0.15, 0.2) is 0 Å². The van der Waals surface area contributed by atoms with Gasteiger partial charge >= 0.3 is 5.97 Å². The van der Waals surface area contributed by atoms with Crippen LogP contribution in [0.1, 0.15) is 33.6 Å². The smallest absolute Gasteiger partial charge is 0.303 e. The van der Waals surface area contributed by atoms with Crippen molar-refractivity contribution in [3.8, 4) is 0 Å². The highest BCUT2D eigenvalue weighted by molar-refractivity contribution is 5.95. The van der Waals surface area contributed by atoms with Gasteiger partial charge < -0.3 is 10.0 Å². The normalized spacial score (nSPS) is 12.2. The quantitative estimate of drug-likeness (QED) is 0.832. The van der Waals surface area contributed by atoms with E-state index >= 15 is 0 Å². The number of benzene rings is 1. The van der Waals surface area contributed by atoms with Gasteiger partial charge in [-0.15, -0.1) is 0 Å². The highest BCUT2D eigenvalue weighted by Crippen LogP contribution is 2.20. The third-order valence-electron chi connectivity index (χ3n) is 3.50. The number of para-hydroxylation sites is 1. The molecule has 20 heavy (non-hydrogen) atoms. The van der Waals surface area contributed by atoms with Crippen molar-refractivity contribution in [3.63, 3.8) is 0 Å². The predicted molar refractivity (Wildman–Crippen MR) is 79.7 cm³/mol. The van der Waals surface area contributed by atoms with Crippen LogP contribution >= 0.6 is 0 Å². The van der Waals surface area contributed by atoms with Crippen molar-refractivity contribution in [2.75, 3.05) is 11.4 Å². The molecular formula is C16H23NO3. The van der Waals surface area contributed by atoms with Crippen molar-refractivity contribution in [1.29, 1.82) is 0 Å². The lowest BCUT2D eigenvalue weighted by atomic mass is 9.96. The van der Waals surface area contributed by atoms with Crippen molar-refractivity contribution in [2.24, 2.45) is 11.8 Å². The summed E-state index contributed by atoms with van der Waals surface area (Å²) in [6, 6.07) is 9.42. The Morgan fingerprint density at radius 1 is 1.15 bits per heavy atom. The molecule has 0 radical (unpaired) electrons. The monoisotopic (exact) mass is 277 g/mol. The molecule has 0 aliphatic carbocycles. The number of carboxylic acid groups (broad SMARTS) is 1. The minimum Gasteiger partial charge on any atom is -0.481 e. The van der Waals surface area contributed by atoms with Crippen LogP contribution in [0.2, 0.25) is 0 Å². The van der Waals surface area contributed by atoms with Crippen LogP contribution in [0, 0.1) is 11.8 Å². The molecule has 1 amide bonds. The Labute approximate surface area is 120 Å². The number of nitrogens with zero attached hydrogens (tertiary/aromatic N) is 1. The van der Waals surface area contributed by atoms with Gasteiger partial charge in [0.05, 0.1) is 0 Å². The second kappa shape index (κ2) is 7.68. The molecule has 1 aromatic carbocycles. The average molecular weight is 277 g/mol. The van der Waals surface area contributed by atoms with Gasteiger partial charge in [0.2, 0.25) is 5.91 Å². The zero-order chi connectivity index (χ0) is 15.1. The van der Waals surface area contributed by atoms with Crippen LogP contribution in [0.5, 0.6) is 0 Å². The van der Waals surface area contributed by atoms with Gasteiger partial charge in [-0.2, -0.15) is 0 Å². The molecule has 4 heteroatoms. The van der Waals surface area contributed by atoms with Crippen molar-refractivity contribution in [3.05, 3.63) is 30.3 Å². The third-order valence-corrected chi connectivity index (χ3v) is 3.50. The van der Waals surface area contributed by atoms with Crippen LogP contribution in [0.25, 0.3) is 0 Å². The molecule has 0 spiro atoms. The maximum atomic E-state index is 12.5. The molecule has 1 N–H and O–H groups in total. The van der Waals surface area contributed by atoms with Crippen molar-refractivity contribution >= 4 is 17.6 Å². The van der Waals surface area contributed by atoms with Gasteiger partial charge in [0.1, 0.15) is 0 Å². The zero-order valence-electron chi connectivity index (χ0n) is 12.4. The molecule has 0 heterocycles. The van der Waals surface area contributed by atoms with E-state index in [0.29, 0.717) is 13.0 Å². The Kier molecular flexibility index (Phi) is 6.22. The largest absolute Gasteiger partial charge is 0.481 e. The maximum absolute atomic E-state index is 12.5. The first-order valence-corrected chi connectivity index (χ1v) is 7.01. The van der Waals surface area contributed by atoms with Gasteiger partial charge in [-0.1, -0.05) is 39.0 Å². The van der Waals surface area contributed by atoms with E-state index in [2.05, 4.69) is 0 Å². The molecule has 0 bridgehead atoms. The van der Waals surface area contributed by atoms with Crippen molar-refractivity contribution in [1.82, 2.24) is 0 Å². The second-order valence-electron chi connectivity index (χ2n) is 5.36. The van der Waals surface area contributed by atoms with E-state index in [-0.39, 0.29) is 24.2 Å². The molecule has 0 fully saturated rings. The summed E-state index contributed by atoms with van der Waals surface area (Å²) in [5.41, 5.74) is 0.829. The summed E-state index contributed by atoms with van der Waals surface area (Å²) in [6.07, 6.45) is 0.535. The summed E-state index contributed by atoms with van der Waals surface area (Å²) in [5, 5.41) is 8.73. The van der Waals surface area contributed by atoms with Crippen LogP contribution in [-0.4, -0.2) is 23.5 Å². The molecule has 110 valence electrons. The second-order valence-corrected chi connectivity index (χ2v) is 5.36. The highest BCUT2D eigenvalue weighted by atomic mass is 16.4. The Balaban J connectivity index is 2.84. The maximum Gasteiger partial charge on any atom is 0.303 e. The number of aliphatic carboxylic acids is 1. The summed E-state index contributed by atoms with van der Waals surface area (Å²) in [6.45, 7) is 6.39. The van der Waals surface area contributed by atoms with Crippen LogP contribution in [0.3, 0.4) is 0 Å². The number of carbonyl (C=O) groups excluding carboxylic acids is 1. The predicted octanol–water partition coefficient (Wildman–Crippen LogP) is 3.18. The van der Waals surface area contributed by atoms with Crippen LogP contribution in [0.15, 0.2) is 30.3 Å². The van der Waals surface area contributed by atoms with Crippen molar-refractivity contribution in [2.45, 2.75) is 33.6 Å². The van der Waals surface area contributed by atoms with E-state index < -0.39 is 5.97 Å². The molecule has 0 saturated heterocycles. The lowest BCUT2D eigenvalue weighted by Gasteiger charge is -2.27. The standard InChI is InChI=1S/C16H23NO3/c1-12(2)13(3)16(20)17(11-7-10-15(18)19)14-8-5-4-6-9-14/h4-6,8-9,12-13H,7,10-11H2,1-3H3,(H,18,19). The average Bonchev–Trinajstić information content (AvgIpc) is 2.42. The molecule has 4 nitrogen and oxygen atoms in total. The molecule has 1 rings (SSSR count). The number of amides is 1. The minimum absolute atomic E-state index is 0.0524. The first-order valence-electron chi connectivity index (χ1n) is 7.01. The van der Waals surface area contributed by atoms with Crippen LogP contribution in [-0.2, 0) is 9.59 Å². The number of anilines is 1. The summed E-state index contributed by atoms with van der Waals surface area (Å²) in [5.74, 6) is -0.604. The summed E-state index contributed by atoms with van der Waals surface area (Å²) >= 11 is 0. The highest BCUT2D eigenvalue weighted by Gasteiger charge is 2.24. The van der Waals surface area contributed by atoms with Crippen LogP contribution < -0.4 is 4.90 Å². The molecule has 1 unspecified atom stereocenters. The number of hydrogen-bond donors (Lipinski definition) is 1. The Morgan fingerprint density at radius 3 is 2.25 bits per heavy atom. The lowest BCUT2D eigenvalue weighted by Crippen LogP contribution is -2.38. The molecule has 0 aliphatic heterocycles. The Hall–Kier alpha value is -1.84. The molecule has 1 aromatic rings. The van der Waals surface area contributed by atoms with Gasteiger partial charge in [0.25, 0.3) is 0 Å². The van der Waals surface area contributed by atoms with E-state index in [4.69, 9.17) is 5.11 Å². The lowest BCUT2D eigenvalue weighted by molar-refractivity contribution is -0.137. The van der Waals surface area contributed by atoms with Gasteiger partial charge in [-0.05, 0) is 24.5 Å². The summed E-state index contributed by atoms with van der Waals surface area (Å²) in [7, 11) is 0. The van der Waals surface area contributed by atoms with E-state index in [0.717, 1.165) is 5.69 Å². The minimum atomic E-state index is -0.831. The van der Waals surface area contributed by atoms with E-state index in [9.17, 15) is 9.59 Å². The van der Waals surface area contributed by atoms with Gasteiger partial charge in [-0.25, -0.2) is 0 Å². The number of carboxylic acids is 1. The molecular weight excluding hydrogens is 254 g/mol. The Morgan fingerprint density at radius 2 is 1.75 bits per heavy atom. The van der Waals surface area contributed by atoms with Crippen LogP contribution in [0.4, 0.5) is 5.69 Å². The van der Waals surface area contributed by atoms with Gasteiger partial charge in [0, 0.05) is 24.6 Å². The summed E-state index contributed by atoms with van der Waals surface area (Å²) < 4.78 is 0. The van der Waals surface area contributed by atoms with E-state index in [1.54, 1.807) is 4.90 Å². The third kappa shape index (κ3) is 4.68. The zero-order valence-corrected chi connectivity index (χ0v) is 12.4. The summed E-state index contributed by atoms with van der Waals surface area (Å²) in [4.78, 5) is 24.9. The topological polar surface area (TPSA) is 57.6 Å². The number of rotatable bonds is 7. The van der Waals surface area contributed by atoms with E-state index in [1.807, 2.05) is 51.1 Å². The number of hydrogen-bond acceptors (Lipinski definition) is 2. The first kappa shape index (κ1) is 16.2. The first-order chi connectivity index (χ1) is 9.43. The molecule has 0 aliphatic rings. The molecule has 1 atom stereocenters. The molecule has 0 aromatic heterocycles. The molecule has 0 saturated carbocycles. The fourth-order valence-corrected chi connectivity index (χ4v) is 1.89. The van der Waals surface area contributed by atoms with Crippen molar-refractivity contribution < 1.29 is 14.7 Å². The van der Waals surface area contributed by atoms with E-state index in [1.165, 1.54) is 0 Å². The Bertz CT molecular complexity index is 442. The fraction of sp³-hybridized carbons (Fsp3) is 0.500. The fourth-order valence-electron chi connectivity index (χ4n) is 1.89. The SMILES string of the molecule is CC(C)C(C)C(=O)N(CCCC(=O)O)c1ccccc1. The number of carbonyl (C=O) groups is 2. The van der Waals surface area contributed by atoms with Gasteiger partial charge in [-0.3, -0.25) is 9.59 Å².